The Balaban J connectivity index is 5.35. The third-order valence-electron chi connectivity index (χ3n) is 10.3. The fourth-order valence-electron chi connectivity index (χ4n) is 5.98. The second kappa shape index (κ2) is 75.3. The van der Waals surface area contributed by atoms with Crippen molar-refractivity contribution in [2.75, 3.05) is 26.4 Å². The fourth-order valence-corrected chi connectivity index (χ4v) is 5.98. The molecule has 0 aromatic rings. The average molecular weight is 1400 g/mol. The second-order valence-electron chi connectivity index (χ2n) is 18.2. The normalized spacial score (nSPS) is 6.83. The van der Waals surface area contributed by atoms with E-state index in [0.29, 0.717) is 12.8 Å². The lowest BCUT2D eigenvalue weighted by Crippen LogP contribution is -2.30. The monoisotopic (exact) mass is 1400 g/mol. The van der Waals surface area contributed by atoms with E-state index < -0.39 is 74.5 Å². The molecule has 0 aliphatic heterocycles. The van der Waals surface area contributed by atoms with E-state index in [1.54, 1.807) is 27.7 Å². The molecule has 0 aliphatic carbocycles. The van der Waals surface area contributed by atoms with Gasteiger partial charge in [-0.15, -0.1) is 0 Å². The highest BCUT2D eigenvalue weighted by Gasteiger charge is 2.20. The molecule has 0 bridgehead atoms. The van der Waals surface area contributed by atoms with Crippen molar-refractivity contribution in [3.63, 3.8) is 0 Å². The summed E-state index contributed by atoms with van der Waals surface area (Å²) in [6, 6.07) is 0. The van der Waals surface area contributed by atoms with Gasteiger partial charge in [0.25, 0.3) is 0 Å². The van der Waals surface area contributed by atoms with Crippen LogP contribution in [0.3, 0.4) is 0 Å². The molecule has 0 fully saturated rings. The number of hydrogen-bond acceptors (Lipinski definition) is 12. The van der Waals surface area contributed by atoms with Crippen LogP contribution < -0.4 is 0 Å². The summed E-state index contributed by atoms with van der Waals surface area (Å²) in [6.07, 6.45) is 11.9. The number of ether oxygens (including phenoxy) is 6. The Kier molecular flexibility index (Phi) is 63.0. The number of carbonyl (C=O) groups is 6. The molecule has 0 unspecified atom stereocenters. The molecule has 12 heteroatoms. The van der Waals surface area contributed by atoms with Gasteiger partial charge in [-0.25, -0.2) is 19.2 Å². The summed E-state index contributed by atoms with van der Waals surface area (Å²) in [5, 5.41) is 0. The molecule has 0 amide bonds. The molecule has 0 aliphatic rings. The van der Waals surface area contributed by atoms with Crippen LogP contribution in [0.4, 0.5) is 0 Å². The predicted molar refractivity (Wildman–Crippen MR) is 409 cm³/mol. The fraction of sp³-hybridized carbons (Fsp3) is 0.250. The average Bonchev–Trinajstić information content (AvgIpc) is 0.954. The first-order chi connectivity index (χ1) is 53.1. The van der Waals surface area contributed by atoms with Crippen molar-refractivity contribution < 1.29 is 57.2 Å². The topological polar surface area (TPSA) is 158 Å². The van der Waals surface area contributed by atoms with Crippen LogP contribution in [-0.4, -0.2) is 74.5 Å². The van der Waals surface area contributed by atoms with Crippen molar-refractivity contribution in [3.05, 3.63) is 12.2 Å². The lowest BCUT2D eigenvalue weighted by atomic mass is 10.1. The third kappa shape index (κ3) is 71.3. The van der Waals surface area contributed by atoms with Gasteiger partial charge in [-0.3, -0.25) is 9.59 Å². The number of carbonyl (C=O) groups excluding carboxylic acids is 6. The van der Waals surface area contributed by atoms with Crippen molar-refractivity contribution in [2.45, 2.75) is 130 Å². The predicted octanol–water partition coefficient (Wildman–Crippen LogP) is 5.19. The minimum absolute atomic E-state index is 0.0573. The van der Waals surface area contributed by atoms with E-state index >= 15 is 0 Å². The molecule has 0 spiro atoms. The molecular weight excluding hydrogens is 1350 g/mol. The Morgan fingerprint density at radius 1 is 0.213 bits per heavy atom. The zero-order valence-corrected chi connectivity index (χ0v) is 58.9. The first-order valence-corrected chi connectivity index (χ1v) is 31.6. The van der Waals surface area contributed by atoms with Crippen LogP contribution in [-0.2, 0) is 57.2 Å². The molecule has 508 valence electrons. The largest absolute Gasteiger partial charge is 0.455 e. The minimum atomic E-state index is -1.19. The molecule has 0 atom stereocenters. The van der Waals surface area contributed by atoms with E-state index in [-0.39, 0.29) is 12.8 Å². The first kappa shape index (κ1) is 90.5. The SMILES string of the molecule is CC#CC#CC#CC#CC#CC#CC#CC#CC(=O)OCC(COC(=O)C#CC#CC#CC#CC#CC#CC#CC#CC)OC(=O)CCCCCCCC=CCCCCCCCC(=O)OC(COC(=O)C#CC#CC#CC#CC#CC#CC#CC#CC)COC(=O)C#CC#CC#CC#CC#CC#CC#CC#CC. The third-order valence-corrected chi connectivity index (χ3v) is 10.3. The van der Waals surface area contributed by atoms with Crippen LogP contribution in [0.25, 0.3) is 0 Å². The zero-order chi connectivity index (χ0) is 78.3. The van der Waals surface area contributed by atoms with Gasteiger partial charge in [-0.1, -0.05) is 74.4 Å². The first-order valence-electron chi connectivity index (χ1n) is 31.6. The van der Waals surface area contributed by atoms with Crippen molar-refractivity contribution in [3.8, 4) is 379 Å². The van der Waals surface area contributed by atoms with Gasteiger partial charge in [0.2, 0.25) is 0 Å². The number of hydrogen-bond donors (Lipinski definition) is 0. The van der Waals surface area contributed by atoms with Crippen LogP contribution in [0.15, 0.2) is 12.2 Å². The van der Waals surface area contributed by atoms with Gasteiger partial charge in [-0.05, 0) is 398 Å². The van der Waals surface area contributed by atoms with Crippen molar-refractivity contribution in [2.24, 2.45) is 0 Å². The summed E-state index contributed by atoms with van der Waals surface area (Å²) in [5.74, 6) is 151. The van der Waals surface area contributed by atoms with Gasteiger partial charge in [0, 0.05) is 36.5 Å². The molecule has 0 aromatic carbocycles. The Morgan fingerprint density at radius 2 is 0.370 bits per heavy atom. The van der Waals surface area contributed by atoms with Crippen LogP contribution in [0.2, 0.25) is 0 Å². The lowest BCUT2D eigenvalue weighted by Gasteiger charge is -2.16. The number of allylic oxidation sites excluding steroid dienone is 2. The van der Waals surface area contributed by atoms with Crippen molar-refractivity contribution in [1.29, 1.82) is 0 Å². The van der Waals surface area contributed by atoms with Crippen molar-refractivity contribution in [1.82, 2.24) is 0 Å². The van der Waals surface area contributed by atoms with Crippen LogP contribution >= 0.6 is 0 Å². The van der Waals surface area contributed by atoms with Gasteiger partial charge in [0.05, 0.1) is 0 Å². The zero-order valence-electron chi connectivity index (χ0n) is 58.9. The van der Waals surface area contributed by atoms with Gasteiger partial charge < -0.3 is 28.4 Å². The molecule has 0 saturated heterocycles. The molecule has 12 nitrogen and oxygen atoms in total. The molecule has 0 saturated carbocycles. The Hall–Kier alpha value is -17.5. The van der Waals surface area contributed by atoms with E-state index in [9.17, 15) is 28.8 Å². The molecular formula is C96H52O12. The molecule has 0 heterocycles. The summed E-state index contributed by atoms with van der Waals surface area (Å²) < 4.78 is 31.6. The minimum Gasteiger partial charge on any atom is -0.455 e. The molecule has 0 radical (unpaired) electrons. The molecule has 0 N–H and O–H groups in total. The van der Waals surface area contributed by atoms with E-state index in [0.717, 1.165) is 64.2 Å². The summed E-state index contributed by atoms with van der Waals surface area (Å²) in [4.78, 5) is 75.2. The number of unbranched alkanes of at least 4 members (excludes halogenated alkanes) is 10. The Labute approximate surface area is 636 Å². The standard InChI is InChI=1S/C96H52O12/c1-5-9-13-17-21-25-29-33-37-43-49-55-61-67-73-79-91(97)103-85-89(86-104-92(98)80-74-68-62-56-50-44-38-34-30-26-22-18-14-10-6-2)107-95(101)83-77-71-65-59-53-47-41-42-48-54-60-66-72-78-84-96(102)108-90(87-105-93(99)81-75-69-63-57-51-45-39-35-31-27-23-19-15-11-7-3)88-106-94(100)82-76-70-64-58-52-46-40-36-32-28-24-20-16-12-8-4/h41-42,89-90H,47-48,53-54,59-60,65-66,71-72,77-78,83-88H2,1-4H3. The lowest BCUT2D eigenvalue weighted by molar-refractivity contribution is -0.163. The van der Waals surface area contributed by atoms with E-state index in [2.05, 4.69) is 391 Å². The van der Waals surface area contributed by atoms with Gasteiger partial charge >= 0.3 is 35.8 Å². The smallest absolute Gasteiger partial charge is 0.385 e. The molecule has 108 heavy (non-hydrogen) atoms. The quantitative estimate of drug-likeness (QED) is 0.0280. The summed E-state index contributed by atoms with van der Waals surface area (Å²) >= 11 is 0. The number of esters is 6. The molecule has 0 rings (SSSR count). The number of rotatable bonds is 26. The maximum absolute atomic E-state index is 12.9. The maximum atomic E-state index is 12.9. The van der Waals surface area contributed by atoms with Crippen LogP contribution in [0, 0.1) is 379 Å². The second-order valence-corrected chi connectivity index (χ2v) is 18.2. The van der Waals surface area contributed by atoms with Crippen LogP contribution in [0.5, 0.6) is 0 Å². The Morgan fingerprint density at radius 3 is 0.556 bits per heavy atom. The van der Waals surface area contributed by atoms with Gasteiger partial charge in [0.1, 0.15) is 26.4 Å². The van der Waals surface area contributed by atoms with E-state index in [1.807, 2.05) is 0 Å². The summed E-state index contributed by atoms with van der Waals surface area (Å²) in [5.41, 5.74) is 0. The highest BCUT2D eigenvalue weighted by molar-refractivity contribution is 5.90. The van der Waals surface area contributed by atoms with Gasteiger partial charge in [-0.2, -0.15) is 0 Å². The molecule has 0 aromatic heterocycles. The summed E-state index contributed by atoms with van der Waals surface area (Å²) in [7, 11) is 0. The van der Waals surface area contributed by atoms with E-state index in [4.69, 9.17) is 28.4 Å². The highest BCUT2D eigenvalue weighted by atomic mass is 16.6. The van der Waals surface area contributed by atoms with Crippen molar-refractivity contribution >= 4 is 35.8 Å². The van der Waals surface area contributed by atoms with Crippen LogP contribution in [0.1, 0.15) is 118 Å². The summed E-state index contributed by atoms with van der Waals surface area (Å²) in [6.45, 7) is 4.63. The highest BCUT2D eigenvalue weighted by Crippen LogP contribution is 2.12. The van der Waals surface area contributed by atoms with Gasteiger partial charge in [0.15, 0.2) is 12.2 Å². The maximum Gasteiger partial charge on any atom is 0.385 e. The van der Waals surface area contributed by atoms with E-state index in [1.165, 1.54) is 0 Å². The Bertz CT molecular complexity index is 4980.